The number of carbonyl (C=O) groups excluding carboxylic acids is 2. The Hall–Kier alpha value is -1.72. The van der Waals surface area contributed by atoms with Crippen LogP contribution in [-0.4, -0.2) is 34.0 Å². The second kappa shape index (κ2) is 4.67. The van der Waals surface area contributed by atoms with Crippen LogP contribution in [0.1, 0.15) is 39.2 Å². The molecule has 2 N–H and O–H groups in total. The SMILES string of the molecule is CC(C)(C)OC(=O)C12NC3CC1CC(C2=O)[C@@]3(O)c1ccccc1. The number of Topliss-reactive ketones (excluding diaryl/α,β-unsaturated/α-hetero) is 1. The molecule has 2 aliphatic carbocycles. The first-order chi connectivity index (χ1) is 11.2. The lowest BCUT2D eigenvalue weighted by molar-refractivity contribution is -0.170. The van der Waals surface area contributed by atoms with Crippen molar-refractivity contribution in [3.8, 4) is 0 Å². The van der Waals surface area contributed by atoms with E-state index >= 15 is 0 Å². The fourth-order valence-corrected chi connectivity index (χ4v) is 4.83. The summed E-state index contributed by atoms with van der Waals surface area (Å²) in [6, 6.07) is 8.99. The van der Waals surface area contributed by atoms with Gasteiger partial charge in [0.15, 0.2) is 11.3 Å². The molecular weight excluding hydrogens is 306 g/mol. The van der Waals surface area contributed by atoms with Crippen molar-refractivity contribution in [1.82, 2.24) is 5.32 Å². The summed E-state index contributed by atoms with van der Waals surface area (Å²) in [5.41, 5.74) is -2.44. The minimum Gasteiger partial charge on any atom is -0.458 e. The molecule has 128 valence electrons. The number of hydrogen-bond donors (Lipinski definition) is 2. The standard InChI is InChI=1S/C19H23NO4/c1-17(2,3)24-16(22)18-12-9-13(15(18)21)19(23,14(10-12)20-18)11-7-5-4-6-8-11/h4-8,12-14,20,23H,9-10H2,1-3H3/t12?,13?,14?,18?,19-/m0/s1. The van der Waals surface area contributed by atoms with Crippen LogP contribution in [0, 0.1) is 11.8 Å². The Morgan fingerprint density at radius 2 is 1.92 bits per heavy atom. The summed E-state index contributed by atoms with van der Waals surface area (Å²) in [6.07, 6.45) is 1.12. The molecule has 2 saturated carbocycles. The molecule has 1 aromatic carbocycles. The lowest BCUT2D eigenvalue weighted by Gasteiger charge is -2.45. The van der Waals surface area contributed by atoms with Crippen molar-refractivity contribution in [2.45, 2.75) is 56.4 Å². The topological polar surface area (TPSA) is 75.6 Å². The zero-order chi connectivity index (χ0) is 17.3. The van der Waals surface area contributed by atoms with Gasteiger partial charge in [-0.2, -0.15) is 0 Å². The van der Waals surface area contributed by atoms with Crippen molar-refractivity contribution in [2.75, 3.05) is 0 Å². The normalized spacial score (nSPS) is 40.2. The number of ether oxygens (including phenoxy) is 1. The number of carbonyl (C=O) groups is 2. The van der Waals surface area contributed by atoms with Crippen LogP contribution in [0.3, 0.4) is 0 Å². The van der Waals surface area contributed by atoms with E-state index in [4.69, 9.17) is 4.74 Å². The molecule has 4 unspecified atom stereocenters. The predicted molar refractivity (Wildman–Crippen MR) is 87.1 cm³/mol. The van der Waals surface area contributed by atoms with Gasteiger partial charge in [0.1, 0.15) is 11.2 Å². The highest BCUT2D eigenvalue weighted by atomic mass is 16.6. The van der Waals surface area contributed by atoms with Crippen LogP contribution < -0.4 is 5.32 Å². The van der Waals surface area contributed by atoms with Gasteiger partial charge in [0.25, 0.3) is 0 Å². The maximum absolute atomic E-state index is 13.1. The van der Waals surface area contributed by atoms with Crippen LogP contribution in [0.15, 0.2) is 30.3 Å². The third kappa shape index (κ3) is 1.82. The van der Waals surface area contributed by atoms with Crippen LogP contribution >= 0.6 is 0 Å². The predicted octanol–water partition coefficient (Wildman–Crippen LogP) is 1.54. The summed E-state index contributed by atoms with van der Waals surface area (Å²) >= 11 is 0. The van der Waals surface area contributed by atoms with E-state index in [1.165, 1.54) is 0 Å². The van der Waals surface area contributed by atoms with Crippen molar-refractivity contribution in [3.05, 3.63) is 35.9 Å². The summed E-state index contributed by atoms with van der Waals surface area (Å²) < 4.78 is 5.54. The van der Waals surface area contributed by atoms with Crippen LogP contribution in [-0.2, 0) is 19.9 Å². The Balaban J connectivity index is 1.73. The largest absolute Gasteiger partial charge is 0.458 e. The molecule has 0 aromatic heterocycles. The monoisotopic (exact) mass is 329 g/mol. The zero-order valence-electron chi connectivity index (χ0n) is 14.2. The molecule has 5 heteroatoms. The van der Waals surface area contributed by atoms with Crippen molar-refractivity contribution in [3.63, 3.8) is 0 Å². The molecule has 1 aromatic rings. The molecule has 0 radical (unpaired) electrons. The van der Waals surface area contributed by atoms with E-state index in [2.05, 4.69) is 5.32 Å². The quantitative estimate of drug-likeness (QED) is 0.636. The van der Waals surface area contributed by atoms with Crippen LogP contribution in [0.2, 0.25) is 0 Å². The minimum absolute atomic E-state index is 0.0983. The van der Waals surface area contributed by atoms with E-state index in [-0.39, 0.29) is 17.7 Å². The van der Waals surface area contributed by atoms with E-state index in [9.17, 15) is 14.7 Å². The van der Waals surface area contributed by atoms with Crippen LogP contribution in [0.5, 0.6) is 0 Å². The molecule has 4 aliphatic rings. The average molecular weight is 329 g/mol. The first kappa shape index (κ1) is 15.8. The van der Waals surface area contributed by atoms with Gasteiger partial charge in [-0.1, -0.05) is 30.3 Å². The first-order valence-corrected chi connectivity index (χ1v) is 8.53. The molecule has 5 atom stereocenters. The molecule has 24 heavy (non-hydrogen) atoms. The number of nitrogens with one attached hydrogen (secondary N) is 1. The number of aliphatic hydroxyl groups is 1. The second-order valence-electron chi connectivity index (χ2n) is 8.28. The zero-order valence-corrected chi connectivity index (χ0v) is 14.2. The van der Waals surface area contributed by atoms with Gasteiger partial charge in [-0.05, 0) is 45.1 Å². The molecule has 0 amide bonds. The Kier molecular flexibility index (Phi) is 3.07. The number of esters is 1. The molecule has 2 saturated heterocycles. The number of hydrogen-bond acceptors (Lipinski definition) is 5. The van der Waals surface area contributed by atoms with Gasteiger partial charge in [0.2, 0.25) is 0 Å². The van der Waals surface area contributed by atoms with E-state index in [1.807, 2.05) is 30.3 Å². The van der Waals surface area contributed by atoms with Gasteiger partial charge in [-0.15, -0.1) is 0 Å². The smallest absolute Gasteiger partial charge is 0.334 e. The van der Waals surface area contributed by atoms with Crippen molar-refractivity contribution in [1.29, 1.82) is 0 Å². The lowest BCUT2D eigenvalue weighted by Crippen LogP contribution is -2.68. The third-order valence-electron chi connectivity index (χ3n) is 5.78. The van der Waals surface area contributed by atoms with E-state index in [1.54, 1.807) is 20.8 Å². The third-order valence-corrected chi connectivity index (χ3v) is 5.78. The Morgan fingerprint density at radius 3 is 2.54 bits per heavy atom. The summed E-state index contributed by atoms with van der Waals surface area (Å²) in [7, 11) is 0. The fraction of sp³-hybridized carbons (Fsp3) is 0.579. The number of piperidine rings is 1. The highest BCUT2D eigenvalue weighted by molar-refractivity contribution is 6.13. The molecule has 5 rings (SSSR count). The Labute approximate surface area is 141 Å². The molecule has 0 spiro atoms. The van der Waals surface area contributed by atoms with E-state index in [0.29, 0.717) is 12.8 Å². The maximum atomic E-state index is 13.1. The second-order valence-corrected chi connectivity index (χ2v) is 8.28. The minimum atomic E-state index is -1.27. The summed E-state index contributed by atoms with van der Waals surface area (Å²) in [5, 5.41) is 14.6. The summed E-state index contributed by atoms with van der Waals surface area (Å²) in [5.74, 6) is -1.37. The number of ketones is 1. The summed E-state index contributed by atoms with van der Waals surface area (Å²) in [4.78, 5) is 25.9. The Morgan fingerprint density at radius 1 is 1.25 bits per heavy atom. The molecule has 2 heterocycles. The average Bonchev–Trinajstić information content (AvgIpc) is 2.97. The van der Waals surface area contributed by atoms with Crippen molar-refractivity contribution in [2.24, 2.45) is 11.8 Å². The van der Waals surface area contributed by atoms with Crippen molar-refractivity contribution < 1.29 is 19.4 Å². The van der Waals surface area contributed by atoms with Gasteiger partial charge in [0.05, 0.1) is 5.92 Å². The first-order valence-electron chi connectivity index (χ1n) is 8.53. The van der Waals surface area contributed by atoms with Gasteiger partial charge >= 0.3 is 5.97 Å². The van der Waals surface area contributed by atoms with Gasteiger partial charge < -0.3 is 9.84 Å². The molecule has 2 aliphatic heterocycles. The van der Waals surface area contributed by atoms with E-state index < -0.39 is 28.6 Å². The lowest BCUT2D eigenvalue weighted by atomic mass is 9.69. The van der Waals surface area contributed by atoms with Crippen LogP contribution in [0.4, 0.5) is 0 Å². The molecule has 4 bridgehead atoms. The highest BCUT2D eigenvalue weighted by Gasteiger charge is 2.76. The molecule has 4 fully saturated rings. The van der Waals surface area contributed by atoms with Crippen LogP contribution in [0.25, 0.3) is 0 Å². The van der Waals surface area contributed by atoms with Crippen molar-refractivity contribution >= 4 is 11.8 Å². The van der Waals surface area contributed by atoms with Gasteiger partial charge in [0, 0.05) is 6.04 Å². The maximum Gasteiger partial charge on any atom is 0.334 e. The molecule has 5 nitrogen and oxygen atoms in total. The van der Waals surface area contributed by atoms with Gasteiger partial charge in [-0.25, -0.2) is 4.79 Å². The summed E-state index contributed by atoms with van der Waals surface area (Å²) in [6.45, 7) is 5.39. The fourth-order valence-electron chi connectivity index (χ4n) is 4.83. The van der Waals surface area contributed by atoms with Gasteiger partial charge in [-0.3, -0.25) is 10.1 Å². The molecular formula is C19H23NO4. The van der Waals surface area contributed by atoms with E-state index in [0.717, 1.165) is 5.56 Å². The highest BCUT2D eigenvalue weighted by Crippen LogP contribution is 2.59. The Bertz CT molecular complexity index is 710. The number of benzene rings is 1. The number of rotatable bonds is 2.